The molecule has 0 saturated heterocycles. The van der Waals surface area contributed by atoms with E-state index < -0.39 is 197 Å². The van der Waals surface area contributed by atoms with E-state index >= 15 is 4.79 Å². The maximum Gasteiger partial charge on any atom is 0.243 e. The Morgan fingerprint density at radius 1 is 0.341 bits per heavy atom. The first kappa shape index (κ1) is 110. The van der Waals surface area contributed by atoms with Gasteiger partial charge in [0.1, 0.15) is 78.5 Å². The lowest BCUT2D eigenvalue weighted by Crippen LogP contribution is -2.61. The molecule has 1 aromatic heterocycles. The molecule has 0 bridgehead atoms. The fourth-order valence-electron chi connectivity index (χ4n) is 14.2. The molecule has 1 heterocycles. The van der Waals surface area contributed by atoms with E-state index in [4.69, 9.17) is 40.1 Å². The molecule has 37 heteroatoms. The summed E-state index contributed by atoms with van der Waals surface area (Å²) in [4.78, 5) is 216. The van der Waals surface area contributed by atoms with Gasteiger partial charge in [-0.05, 0) is 202 Å². The number of benzene rings is 2. The number of H-pyrrole nitrogens is 1. The maximum absolute atomic E-state index is 15.0. The summed E-state index contributed by atoms with van der Waals surface area (Å²) in [6.07, 6.45) is 7.42. The Morgan fingerprint density at radius 2 is 0.683 bits per heavy atom. The number of hydrogen-bond donors (Lipinski definition) is 22. The fourth-order valence-corrected chi connectivity index (χ4v) is 14.2. The van der Waals surface area contributed by atoms with Crippen LogP contribution in [0, 0.1) is 35.5 Å². The molecule has 0 aliphatic carbocycles. The standard InChI is InChI=1S/C89H152N22O15/c1-14-56(12)75(87(124)98-50-72(112)99-57(13)77(114)109-73(54(8)9)89(126)108-69(46-53(6)7)83(120)103-65(37-23-28-42-93)81(118)110-74(55(10)11)88(125)104-67(76(96)113)44-51(2)3)111-82(119)66(38-24-29-43-94)100-79(116)63(35-21-26-40-91)101-85(122)70(47-58-30-16-15-17-31-58)107-84(121)68(45-52(4)5)106-80(117)64(36-22-27-41-92)102-86(123)71(105-78(115)61(95)33-20-25-39-90)48-59-49-97-62-34-19-18-32-60(59)62/h15-19,30-32,34,49,51-57,61,63-71,73-75,97H,14,20-29,33,35-48,50,90-95H2,1-13H3,(H2,96,113)(H,98,124)(H,99,112)(H,100,116)(H,101,122)(H,102,123)(H,103,120)(H,104,125)(H,105,115)(H,106,117)(H,107,121)(H,108,126)(H,109,114)(H,110,118)(H,111,119)/t56-,57-,61-,63-,64-,65-,66-,67-,68-,69-,70-,71-,73-,74-,75-/m0/s1. The van der Waals surface area contributed by atoms with Crippen molar-refractivity contribution in [2.24, 2.45) is 75.6 Å². The van der Waals surface area contributed by atoms with Crippen molar-refractivity contribution in [2.45, 2.75) is 309 Å². The van der Waals surface area contributed by atoms with Crippen molar-refractivity contribution < 1.29 is 71.9 Å². The molecule has 3 rings (SSSR count). The highest BCUT2D eigenvalue weighted by Crippen LogP contribution is 2.22. The summed E-state index contributed by atoms with van der Waals surface area (Å²) < 4.78 is 0. The second-order valence-corrected chi connectivity index (χ2v) is 35.0. The van der Waals surface area contributed by atoms with Crippen LogP contribution >= 0.6 is 0 Å². The van der Waals surface area contributed by atoms with Gasteiger partial charge in [-0.25, -0.2) is 0 Å². The number of amides is 15. The van der Waals surface area contributed by atoms with Gasteiger partial charge >= 0.3 is 0 Å². The molecule has 126 heavy (non-hydrogen) atoms. The van der Waals surface area contributed by atoms with Crippen LogP contribution in [0.5, 0.6) is 0 Å². The van der Waals surface area contributed by atoms with E-state index in [9.17, 15) is 67.1 Å². The Labute approximate surface area is 743 Å². The Balaban J connectivity index is 1.87. The molecule has 0 fully saturated rings. The van der Waals surface area contributed by atoms with Gasteiger partial charge in [0.15, 0.2) is 0 Å². The molecule has 0 radical (unpaired) electrons. The number of fused-ring (bicyclic) bond motifs is 1. The first-order valence-electron chi connectivity index (χ1n) is 45.1. The molecule has 2 aromatic carbocycles. The Morgan fingerprint density at radius 3 is 1.10 bits per heavy atom. The number of unbranched alkanes of at least 4 members (excludes halogenated alkanes) is 5. The third-order valence-corrected chi connectivity index (χ3v) is 21.8. The van der Waals surface area contributed by atoms with Gasteiger partial charge in [0.05, 0.1) is 12.6 Å². The van der Waals surface area contributed by atoms with Gasteiger partial charge in [-0.3, -0.25) is 71.9 Å². The molecular formula is C89H152N22O15. The van der Waals surface area contributed by atoms with E-state index in [-0.39, 0.29) is 95.2 Å². The quantitative estimate of drug-likeness (QED) is 0.0339. The highest BCUT2D eigenvalue weighted by atomic mass is 16.2. The van der Waals surface area contributed by atoms with Crippen molar-refractivity contribution in [3.05, 3.63) is 71.9 Å². The highest BCUT2D eigenvalue weighted by Gasteiger charge is 2.39. The van der Waals surface area contributed by atoms with E-state index in [1.165, 1.54) is 6.92 Å². The highest BCUT2D eigenvalue weighted by molar-refractivity contribution is 6.01. The third kappa shape index (κ3) is 40.2. The average Bonchev–Trinajstić information content (AvgIpc) is 1.76. The molecule has 0 aliphatic heterocycles. The molecule has 15 amide bonds. The zero-order valence-electron chi connectivity index (χ0n) is 76.6. The van der Waals surface area contributed by atoms with Crippen LogP contribution in [0.3, 0.4) is 0 Å². The number of para-hydroxylation sites is 1. The van der Waals surface area contributed by atoms with Crippen LogP contribution in [0.1, 0.15) is 223 Å². The van der Waals surface area contributed by atoms with E-state index in [0.29, 0.717) is 101 Å². The second-order valence-electron chi connectivity index (χ2n) is 35.0. The Kier molecular flexibility index (Phi) is 51.4. The van der Waals surface area contributed by atoms with Gasteiger partial charge in [-0.15, -0.1) is 0 Å². The minimum Gasteiger partial charge on any atom is -0.368 e. The molecule has 708 valence electrons. The molecule has 15 atom stereocenters. The van der Waals surface area contributed by atoms with Crippen LogP contribution in [0.15, 0.2) is 60.8 Å². The predicted molar refractivity (Wildman–Crippen MR) is 485 cm³/mol. The summed E-state index contributed by atoms with van der Waals surface area (Å²) in [5.74, 6) is -13.2. The fraction of sp³-hybridized carbons (Fsp3) is 0.674. The van der Waals surface area contributed by atoms with E-state index in [1.807, 2.05) is 65.8 Å². The SMILES string of the molecule is CC[C@H](C)[C@H](NC(=O)[C@H](CCCCN)NC(=O)[C@H](CCCCN)NC(=O)[C@H](Cc1ccccc1)NC(=O)[C@H](CC(C)C)NC(=O)[C@H](CCCCN)NC(=O)[C@H](Cc1c[nH]c2ccccc12)NC(=O)[C@@H](N)CCCCN)C(=O)NCC(=O)N[C@@H](C)C(=O)N[C@H](C(=O)N[C@@H](CC(C)C)C(=O)N[C@@H](CCCCN)C(=O)N[C@H](C(=O)N[C@@H](CC(C)C)C(N)=O)C(C)C)C(C)C. The third-order valence-electron chi connectivity index (χ3n) is 21.8. The number of primary amides is 1. The van der Waals surface area contributed by atoms with Crippen molar-refractivity contribution in [2.75, 3.05) is 39.3 Å². The van der Waals surface area contributed by atoms with Crippen LogP contribution in [0.4, 0.5) is 0 Å². The lowest BCUT2D eigenvalue weighted by molar-refractivity contribution is -0.136. The number of nitrogens with one attached hydrogen (secondary N) is 15. The summed E-state index contributed by atoms with van der Waals surface area (Å²) in [5, 5.41) is 39.3. The molecule has 0 spiro atoms. The first-order chi connectivity index (χ1) is 59.7. The van der Waals surface area contributed by atoms with Crippen molar-refractivity contribution >= 4 is 99.5 Å². The second kappa shape index (κ2) is 58.9. The first-order valence-corrected chi connectivity index (χ1v) is 45.1. The molecule has 0 aliphatic rings. The summed E-state index contributed by atoms with van der Waals surface area (Å²) in [6.45, 7) is 23.3. The maximum atomic E-state index is 15.0. The summed E-state index contributed by atoms with van der Waals surface area (Å²) in [7, 11) is 0. The smallest absolute Gasteiger partial charge is 0.243 e. The average molecular weight is 1770 g/mol. The van der Waals surface area contributed by atoms with Gasteiger partial charge in [0.25, 0.3) is 0 Å². The number of aromatic amines is 1. The van der Waals surface area contributed by atoms with Gasteiger partial charge < -0.3 is 120 Å². The number of hydrogen-bond acceptors (Lipinski definition) is 21. The summed E-state index contributed by atoms with van der Waals surface area (Å²) in [6, 6.07) is -1.01. The normalized spacial score (nSPS) is 15.1. The van der Waals surface area contributed by atoms with Crippen molar-refractivity contribution in [1.82, 2.24) is 79.4 Å². The number of carbonyl (C=O) groups excluding carboxylic acids is 15. The van der Waals surface area contributed by atoms with Gasteiger partial charge in [-0.2, -0.15) is 0 Å². The van der Waals surface area contributed by atoms with E-state index in [0.717, 1.165) is 10.9 Å². The lowest BCUT2D eigenvalue weighted by atomic mass is 9.97. The Hall–Kier alpha value is -10.2. The van der Waals surface area contributed by atoms with Crippen molar-refractivity contribution in [3.8, 4) is 0 Å². The molecule has 0 unspecified atom stereocenters. The minimum atomic E-state index is -1.39. The summed E-state index contributed by atoms with van der Waals surface area (Å²) in [5.41, 5.74) is 43.3. The van der Waals surface area contributed by atoms with Crippen LogP contribution < -0.4 is 115 Å². The zero-order valence-corrected chi connectivity index (χ0v) is 76.6. The lowest BCUT2D eigenvalue weighted by Gasteiger charge is -2.29. The molecule has 37 nitrogen and oxygen atoms in total. The Bertz CT molecular complexity index is 3920. The monoisotopic (exact) mass is 1770 g/mol. The number of nitrogens with two attached hydrogens (primary N) is 7. The van der Waals surface area contributed by atoms with Crippen LogP contribution in [-0.4, -0.2) is 217 Å². The zero-order chi connectivity index (χ0) is 94.3. The minimum absolute atomic E-state index is 0.00507. The number of carbonyl (C=O) groups is 15. The predicted octanol–water partition coefficient (Wildman–Crippen LogP) is 0.346. The molecule has 3 aromatic rings. The van der Waals surface area contributed by atoms with E-state index in [2.05, 4.69) is 79.4 Å². The number of aromatic nitrogens is 1. The molecule has 0 saturated carbocycles. The topological polar surface area (TPSA) is 622 Å². The molecular weight excluding hydrogens is 1620 g/mol. The number of rotatable bonds is 63. The van der Waals surface area contributed by atoms with Crippen molar-refractivity contribution in [3.63, 3.8) is 0 Å². The van der Waals surface area contributed by atoms with Crippen molar-refractivity contribution in [1.29, 1.82) is 0 Å². The van der Waals surface area contributed by atoms with Crippen LogP contribution in [-0.2, 0) is 84.8 Å². The van der Waals surface area contributed by atoms with Gasteiger partial charge in [0, 0.05) is 29.9 Å². The van der Waals surface area contributed by atoms with E-state index in [1.54, 1.807) is 78.1 Å². The molecule has 29 N–H and O–H groups in total. The van der Waals surface area contributed by atoms with Gasteiger partial charge in [0.2, 0.25) is 88.6 Å². The largest absolute Gasteiger partial charge is 0.368 e. The van der Waals surface area contributed by atoms with Crippen LogP contribution in [0.25, 0.3) is 10.9 Å². The van der Waals surface area contributed by atoms with Gasteiger partial charge in [-0.1, -0.05) is 144 Å². The van der Waals surface area contributed by atoms with Crippen LogP contribution in [0.2, 0.25) is 0 Å². The summed E-state index contributed by atoms with van der Waals surface area (Å²) >= 11 is 0.